The van der Waals surface area contributed by atoms with E-state index >= 15 is 0 Å². The molecule has 1 aliphatic heterocycles. The number of rotatable bonds is 4. The number of hydrogen-bond donors (Lipinski definition) is 0. The van der Waals surface area contributed by atoms with Gasteiger partial charge in [-0.1, -0.05) is 12.8 Å². The van der Waals surface area contributed by atoms with E-state index in [1.54, 1.807) is 13.2 Å². The minimum atomic E-state index is 0.0391. The Morgan fingerprint density at radius 2 is 2.17 bits per heavy atom. The predicted octanol–water partition coefficient (Wildman–Crippen LogP) is 3.64. The van der Waals surface area contributed by atoms with Gasteiger partial charge in [-0.2, -0.15) is 0 Å². The second kappa shape index (κ2) is 7.74. The fourth-order valence-corrected chi connectivity index (χ4v) is 4.20. The average molecular weight is 398 g/mol. The van der Waals surface area contributed by atoms with Gasteiger partial charge in [-0.05, 0) is 47.8 Å². The molecule has 0 spiro atoms. The van der Waals surface area contributed by atoms with Gasteiger partial charge in [0, 0.05) is 12.1 Å². The van der Waals surface area contributed by atoms with Crippen LogP contribution in [-0.2, 0) is 4.74 Å². The van der Waals surface area contributed by atoms with Gasteiger partial charge in [0.2, 0.25) is 0 Å². The second-order valence-electron chi connectivity index (χ2n) is 6.18. The number of hydrogen-bond acceptors (Lipinski definition) is 4. The van der Waals surface area contributed by atoms with Gasteiger partial charge in [0.05, 0.1) is 36.9 Å². The van der Waals surface area contributed by atoms with E-state index < -0.39 is 0 Å². The topological polar surface area (TPSA) is 48.0 Å². The molecule has 2 unspecified atom stereocenters. The first-order valence-electron chi connectivity index (χ1n) is 8.58. The van der Waals surface area contributed by atoms with Gasteiger partial charge in [0.15, 0.2) is 11.5 Å². The van der Waals surface area contributed by atoms with Crippen LogP contribution in [0.25, 0.3) is 0 Å². The molecule has 0 aromatic heterocycles. The van der Waals surface area contributed by atoms with E-state index in [9.17, 15) is 4.79 Å². The lowest BCUT2D eigenvalue weighted by Crippen LogP contribution is -2.54. The van der Waals surface area contributed by atoms with E-state index in [0.717, 1.165) is 23.7 Å². The molecule has 132 valence electrons. The van der Waals surface area contributed by atoms with Crippen LogP contribution < -0.4 is 9.47 Å². The highest BCUT2D eigenvalue weighted by Gasteiger charge is 2.37. The number of nitrogens with zero attached hydrogens (tertiary/aromatic N) is 1. The van der Waals surface area contributed by atoms with E-state index in [0.29, 0.717) is 36.8 Å². The Kier molecular flexibility index (Phi) is 5.66. The molecular weight excluding hydrogens is 374 g/mol. The summed E-state index contributed by atoms with van der Waals surface area (Å²) in [6.07, 6.45) is 4.59. The number of ether oxygens (including phenoxy) is 3. The molecule has 1 heterocycles. The van der Waals surface area contributed by atoms with Crippen LogP contribution in [0.15, 0.2) is 16.6 Å². The molecule has 2 atom stereocenters. The first-order valence-corrected chi connectivity index (χ1v) is 9.38. The highest BCUT2D eigenvalue weighted by Crippen LogP contribution is 2.38. The van der Waals surface area contributed by atoms with Crippen molar-refractivity contribution >= 4 is 21.8 Å². The van der Waals surface area contributed by atoms with Crippen LogP contribution in [0.5, 0.6) is 11.5 Å². The highest BCUT2D eigenvalue weighted by molar-refractivity contribution is 9.10. The highest BCUT2D eigenvalue weighted by atomic mass is 79.9. The van der Waals surface area contributed by atoms with Crippen molar-refractivity contribution in [3.05, 3.63) is 22.2 Å². The summed E-state index contributed by atoms with van der Waals surface area (Å²) >= 11 is 3.50. The Morgan fingerprint density at radius 1 is 1.38 bits per heavy atom. The summed E-state index contributed by atoms with van der Waals surface area (Å²) < 4.78 is 17.6. The van der Waals surface area contributed by atoms with Crippen molar-refractivity contribution in [2.75, 3.05) is 26.9 Å². The summed E-state index contributed by atoms with van der Waals surface area (Å²) in [6.45, 7) is 3.72. The fraction of sp³-hybridized carbons (Fsp3) is 0.611. The maximum absolute atomic E-state index is 13.1. The van der Waals surface area contributed by atoms with E-state index in [4.69, 9.17) is 14.2 Å². The molecule has 6 heteroatoms. The second-order valence-corrected chi connectivity index (χ2v) is 7.04. The standard InChI is InChI=1S/C18H24BrNO4/c1-3-23-17-13(19)10-12(11-16(17)22-2)18(21)20-8-9-24-15-7-5-4-6-14(15)20/h10-11,14-15H,3-9H2,1-2H3. The quantitative estimate of drug-likeness (QED) is 0.777. The maximum atomic E-state index is 13.1. The Hall–Kier alpha value is -1.27. The largest absolute Gasteiger partial charge is 0.493 e. The van der Waals surface area contributed by atoms with Crippen LogP contribution in [0.2, 0.25) is 0 Å². The number of carbonyl (C=O) groups is 1. The molecule has 5 nitrogen and oxygen atoms in total. The third-order valence-corrected chi connectivity index (χ3v) is 5.35. The number of morpholine rings is 1. The summed E-state index contributed by atoms with van der Waals surface area (Å²) in [7, 11) is 1.59. The summed E-state index contributed by atoms with van der Waals surface area (Å²) in [5, 5.41) is 0. The van der Waals surface area contributed by atoms with Gasteiger partial charge >= 0.3 is 0 Å². The van der Waals surface area contributed by atoms with Gasteiger partial charge in [-0.25, -0.2) is 0 Å². The lowest BCUT2D eigenvalue weighted by molar-refractivity contribution is -0.0752. The molecular formula is C18H24BrNO4. The van der Waals surface area contributed by atoms with Gasteiger partial charge in [0.25, 0.3) is 5.91 Å². The van der Waals surface area contributed by atoms with Gasteiger partial charge in [0.1, 0.15) is 0 Å². The van der Waals surface area contributed by atoms with Gasteiger partial charge < -0.3 is 19.1 Å². The molecule has 1 aromatic carbocycles. The van der Waals surface area contributed by atoms with Crippen LogP contribution in [0, 0.1) is 0 Å². The summed E-state index contributed by atoms with van der Waals surface area (Å²) in [5.74, 6) is 1.24. The normalized spacial score (nSPS) is 23.5. The van der Waals surface area contributed by atoms with E-state index in [1.807, 2.05) is 17.9 Å². The number of benzene rings is 1. The molecule has 24 heavy (non-hydrogen) atoms. The first-order chi connectivity index (χ1) is 11.7. The average Bonchev–Trinajstić information content (AvgIpc) is 2.62. The molecule has 3 rings (SSSR count). The van der Waals surface area contributed by atoms with Crippen LogP contribution in [0.3, 0.4) is 0 Å². The molecule has 1 saturated heterocycles. The Morgan fingerprint density at radius 3 is 2.92 bits per heavy atom. The smallest absolute Gasteiger partial charge is 0.254 e. The van der Waals surface area contributed by atoms with Gasteiger partial charge in [-0.3, -0.25) is 4.79 Å². The molecule has 2 fully saturated rings. The van der Waals surface area contributed by atoms with Crippen molar-refractivity contribution in [2.24, 2.45) is 0 Å². The Balaban J connectivity index is 1.87. The lowest BCUT2D eigenvalue weighted by Gasteiger charge is -2.43. The zero-order valence-corrected chi connectivity index (χ0v) is 15.8. The SMILES string of the molecule is CCOc1c(Br)cc(C(=O)N2CCOC3CCCCC32)cc1OC. The maximum Gasteiger partial charge on any atom is 0.254 e. The number of halogens is 1. The van der Waals surface area contributed by atoms with Crippen molar-refractivity contribution in [1.29, 1.82) is 0 Å². The van der Waals surface area contributed by atoms with Crippen molar-refractivity contribution in [3.63, 3.8) is 0 Å². The van der Waals surface area contributed by atoms with E-state index in [2.05, 4.69) is 15.9 Å². The molecule has 1 amide bonds. The minimum absolute atomic E-state index is 0.0391. The lowest BCUT2D eigenvalue weighted by atomic mass is 9.89. The Bertz CT molecular complexity index is 605. The van der Waals surface area contributed by atoms with Crippen molar-refractivity contribution in [2.45, 2.75) is 44.8 Å². The number of carbonyl (C=O) groups excluding carboxylic acids is 1. The van der Waals surface area contributed by atoms with Crippen molar-refractivity contribution < 1.29 is 19.0 Å². The van der Waals surface area contributed by atoms with E-state index in [-0.39, 0.29) is 18.1 Å². The van der Waals surface area contributed by atoms with Gasteiger partial charge in [-0.15, -0.1) is 0 Å². The third kappa shape index (κ3) is 3.40. The zero-order chi connectivity index (χ0) is 17.1. The minimum Gasteiger partial charge on any atom is -0.493 e. The Labute approximate surface area is 151 Å². The number of fused-ring (bicyclic) bond motifs is 1. The summed E-state index contributed by atoms with van der Waals surface area (Å²) in [4.78, 5) is 15.1. The third-order valence-electron chi connectivity index (χ3n) is 4.76. The number of methoxy groups -OCH3 is 1. The molecule has 1 aromatic rings. The molecule has 1 aliphatic carbocycles. The van der Waals surface area contributed by atoms with Crippen LogP contribution in [0.4, 0.5) is 0 Å². The van der Waals surface area contributed by atoms with E-state index in [1.165, 1.54) is 6.42 Å². The zero-order valence-electron chi connectivity index (χ0n) is 14.2. The predicted molar refractivity (Wildman–Crippen MR) is 94.9 cm³/mol. The molecule has 0 radical (unpaired) electrons. The van der Waals surface area contributed by atoms with Crippen molar-refractivity contribution in [1.82, 2.24) is 4.90 Å². The summed E-state index contributed by atoms with van der Waals surface area (Å²) in [5.41, 5.74) is 0.619. The monoisotopic (exact) mass is 397 g/mol. The first kappa shape index (κ1) is 17.5. The van der Waals surface area contributed by atoms with Crippen LogP contribution in [-0.4, -0.2) is 49.8 Å². The fourth-order valence-electron chi connectivity index (χ4n) is 3.64. The number of amides is 1. The van der Waals surface area contributed by atoms with Crippen LogP contribution in [0.1, 0.15) is 43.0 Å². The van der Waals surface area contributed by atoms with Crippen molar-refractivity contribution in [3.8, 4) is 11.5 Å². The summed E-state index contributed by atoms with van der Waals surface area (Å²) in [6, 6.07) is 3.78. The van der Waals surface area contributed by atoms with Crippen LogP contribution >= 0.6 is 15.9 Å². The molecule has 0 bridgehead atoms. The molecule has 2 aliphatic rings. The molecule has 0 N–H and O–H groups in total. The molecule has 1 saturated carbocycles.